The van der Waals surface area contributed by atoms with E-state index in [0.29, 0.717) is 23.2 Å². The van der Waals surface area contributed by atoms with Crippen LogP contribution in [0.3, 0.4) is 0 Å². The Morgan fingerprint density at radius 2 is 1.72 bits per heavy atom. The van der Waals surface area contributed by atoms with Crippen LogP contribution in [0, 0.1) is 31.3 Å². The van der Waals surface area contributed by atoms with Crippen molar-refractivity contribution in [2.75, 3.05) is 6.26 Å². The van der Waals surface area contributed by atoms with Gasteiger partial charge in [0.05, 0.1) is 16.9 Å². The second-order valence-electron chi connectivity index (χ2n) is 9.54. The largest absolute Gasteiger partial charge is 0.277 e. The van der Waals surface area contributed by atoms with Crippen LogP contribution in [0.2, 0.25) is 10.0 Å². The van der Waals surface area contributed by atoms with Crippen molar-refractivity contribution in [1.82, 2.24) is 14.5 Å². The number of rotatable bonds is 5. The second kappa shape index (κ2) is 9.76. The van der Waals surface area contributed by atoms with Crippen LogP contribution in [0.1, 0.15) is 40.6 Å². The van der Waals surface area contributed by atoms with Crippen molar-refractivity contribution in [3.05, 3.63) is 103 Å². The summed E-state index contributed by atoms with van der Waals surface area (Å²) in [5, 5.41) is -0.472. The Kier molecular flexibility index (Phi) is 6.85. The second-order valence-corrected chi connectivity index (χ2v) is 12.3. The maximum Gasteiger partial charge on any atom is 0.274 e. The molecule has 0 aliphatic heterocycles. The van der Waals surface area contributed by atoms with Gasteiger partial charge in [-0.05, 0) is 73.1 Å². The van der Waals surface area contributed by atoms with Gasteiger partial charge in [0.2, 0.25) is 0 Å². The molecule has 202 valence electrons. The lowest BCUT2D eigenvalue weighted by atomic mass is 10.0. The minimum absolute atomic E-state index is 0.0664. The summed E-state index contributed by atoms with van der Waals surface area (Å²) < 4.78 is 70.3. The van der Waals surface area contributed by atoms with Crippen LogP contribution in [-0.4, -0.2) is 29.2 Å². The lowest BCUT2D eigenvalue weighted by molar-refractivity contribution is 0.569. The van der Waals surface area contributed by atoms with Crippen LogP contribution < -0.4 is 5.56 Å². The van der Waals surface area contributed by atoms with Gasteiger partial charge in [-0.25, -0.2) is 21.6 Å². The fourth-order valence-electron chi connectivity index (χ4n) is 4.90. The van der Waals surface area contributed by atoms with E-state index in [1.165, 1.54) is 19.2 Å². The Morgan fingerprint density at radius 3 is 2.38 bits per heavy atom. The van der Waals surface area contributed by atoms with Crippen LogP contribution in [0.15, 0.2) is 52.5 Å². The summed E-state index contributed by atoms with van der Waals surface area (Å²) >= 11 is 12.4. The predicted octanol–water partition coefficient (Wildman–Crippen LogP) is 6.31. The molecule has 2 atom stereocenters. The zero-order valence-electron chi connectivity index (χ0n) is 20.8. The standard InChI is InChI=1S/C27H20Cl2F3N3O3S/c1-12-9-34-24(16-4-5-20(28)26(22(16)31)39(3,37)38)23(32)25(12)35-13(2)6-19(21(29)27(35)36)18-8-17(18)14-7-15(30)11-33-10-14/h4-7,9-11,17-18H,8H2,1-3H3/t17?,18-/m1/s1. The van der Waals surface area contributed by atoms with E-state index in [-0.39, 0.29) is 33.1 Å². The topological polar surface area (TPSA) is 81.9 Å². The van der Waals surface area contributed by atoms with Gasteiger partial charge in [0.1, 0.15) is 21.4 Å². The number of pyridine rings is 3. The molecule has 4 aromatic rings. The molecule has 1 fully saturated rings. The number of hydrogen-bond acceptors (Lipinski definition) is 5. The van der Waals surface area contributed by atoms with E-state index in [4.69, 9.17) is 23.2 Å². The molecule has 3 heterocycles. The highest BCUT2D eigenvalue weighted by Gasteiger charge is 2.42. The van der Waals surface area contributed by atoms with Gasteiger partial charge in [-0.15, -0.1) is 0 Å². The van der Waals surface area contributed by atoms with E-state index in [9.17, 15) is 17.6 Å². The number of benzene rings is 1. The van der Waals surface area contributed by atoms with Crippen molar-refractivity contribution in [1.29, 1.82) is 0 Å². The third-order valence-electron chi connectivity index (χ3n) is 6.78. The van der Waals surface area contributed by atoms with E-state index >= 15 is 8.78 Å². The zero-order chi connectivity index (χ0) is 28.4. The number of aryl methyl sites for hydroxylation is 2. The lowest BCUT2D eigenvalue weighted by Gasteiger charge is -2.18. The molecule has 1 unspecified atom stereocenters. The van der Waals surface area contributed by atoms with Gasteiger partial charge in [0.25, 0.3) is 5.56 Å². The molecule has 1 aromatic carbocycles. The van der Waals surface area contributed by atoms with Crippen molar-refractivity contribution < 1.29 is 21.6 Å². The zero-order valence-corrected chi connectivity index (χ0v) is 23.1. The third kappa shape index (κ3) is 4.74. The molecule has 0 spiro atoms. The molecule has 0 saturated heterocycles. The first-order valence-electron chi connectivity index (χ1n) is 11.7. The molecule has 1 aliphatic rings. The van der Waals surface area contributed by atoms with Gasteiger partial charge in [-0.1, -0.05) is 23.2 Å². The number of sulfone groups is 1. The molecule has 6 nitrogen and oxygen atoms in total. The van der Waals surface area contributed by atoms with Crippen molar-refractivity contribution >= 4 is 33.0 Å². The number of halogens is 5. The molecule has 0 radical (unpaired) electrons. The van der Waals surface area contributed by atoms with Gasteiger partial charge in [-0.3, -0.25) is 19.3 Å². The number of hydrogen-bond donors (Lipinski definition) is 0. The van der Waals surface area contributed by atoms with Crippen LogP contribution in [-0.2, 0) is 9.84 Å². The Labute approximate surface area is 232 Å². The Morgan fingerprint density at radius 1 is 1.00 bits per heavy atom. The molecule has 0 N–H and O–H groups in total. The number of nitrogens with zero attached hydrogens (tertiary/aromatic N) is 3. The first kappa shape index (κ1) is 27.4. The highest BCUT2D eigenvalue weighted by Crippen LogP contribution is 2.55. The number of aromatic nitrogens is 3. The minimum Gasteiger partial charge on any atom is -0.277 e. The molecule has 1 aliphatic carbocycles. The fourth-order valence-corrected chi connectivity index (χ4v) is 6.61. The summed E-state index contributed by atoms with van der Waals surface area (Å²) in [5.74, 6) is -2.96. The van der Waals surface area contributed by atoms with Gasteiger partial charge in [-0.2, -0.15) is 0 Å². The van der Waals surface area contributed by atoms with Gasteiger partial charge < -0.3 is 0 Å². The smallest absolute Gasteiger partial charge is 0.274 e. The molecule has 39 heavy (non-hydrogen) atoms. The highest BCUT2D eigenvalue weighted by atomic mass is 35.5. The van der Waals surface area contributed by atoms with E-state index in [0.717, 1.165) is 29.2 Å². The molecular weight excluding hydrogens is 574 g/mol. The molecule has 1 saturated carbocycles. The normalized spacial score (nSPS) is 16.9. The van der Waals surface area contributed by atoms with Crippen LogP contribution in [0.25, 0.3) is 16.9 Å². The minimum atomic E-state index is -4.09. The van der Waals surface area contributed by atoms with Crippen LogP contribution in [0.5, 0.6) is 0 Å². The van der Waals surface area contributed by atoms with E-state index < -0.39 is 49.0 Å². The van der Waals surface area contributed by atoms with E-state index in [1.54, 1.807) is 19.2 Å². The fraction of sp³-hybridized carbons (Fsp3) is 0.222. The van der Waals surface area contributed by atoms with Gasteiger partial charge in [0.15, 0.2) is 21.5 Å². The maximum atomic E-state index is 16.0. The SMILES string of the molecule is Cc1cnc(-c2ccc(Cl)c(S(C)(=O)=O)c2F)c(F)c1-n1c(C)cc([C@@H]2CC2c2cncc(F)c2)c(Cl)c1=O. The summed E-state index contributed by atoms with van der Waals surface area (Å²) in [7, 11) is -4.09. The monoisotopic (exact) mass is 593 g/mol. The predicted molar refractivity (Wildman–Crippen MR) is 142 cm³/mol. The van der Waals surface area contributed by atoms with Gasteiger partial charge >= 0.3 is 0 Å². The summed E-state index contributed by atoms with van der Waals surface area (Å²) in [6.07, 6.45) is 5.35. The van der Waals surface area contributed by atoms with Crippen molar-refractivity contribution in [3.8, 4) is 16.9 Å². The quantitative estimate of drug-likeness (QED) is 0.271. The Bertz CT molecular complexity index is 1840. The Hall–Kier alpha value is -3.21. The summed E-state index contributed by atoms with van der Waals surface area (Å²) in [4.78, 5) is 20.6. The van der Waals surface area contributed by atoms with E-state index in [1.807, 2.05) is 0 Å². The average Bonchev–Trinajstić information content (AvgIpc) is 3.64. The van der Waals surface area contributed by atoms with Crippen molar-refractivity contribution in [2.24, 2.45) is 0 Å². The third-order valence-corrected chi connectivity index (χ3v) is 8.73. The lowest BCUT2D eigenvalue weighted by Crippen LogP contribution is -2.24. The molecule has 12 heteroatoms. The Balaban J connectivity index is 1.63. The molecular formula is C27H20Cl2F3N3O3S. The molecule has 0 bridgehead atoms. The molecule has 0 amide bonds. The van der Waals surface area contributed by atoms with Crippen LogP contribution >= 0.6 is 23.2 Å². The van der Waals surface area contributed by atoms with Crippen molar-refractivity contribution in [3.63, 3.8) is 0 Å². The van der Waals surface area contributed by atoms with Gasteiger partial charge in [0, 0.05) is 29.9 Å². The average molecular weight is 594 g/mol. The van der Waals surface area contributed by atoms with E-state index in [2.05, 4.69) is 9.97 Å². The maximum absolute atomic E-state index is 16.0. The summed E-state index contributed by atoms with van der Waals surface area (Å²) in [6, 6.07) is 5.32. The molecule has 3 aromatic heterocycles. The summed E-state index contributed by atoms with van der Waals surface area (Å²) in [6.45, 7) is 3.13. The first-order chi connectivity index (χ1) is 18.3. The molecule has 5 rings (SSSR count). The van der Waals surface area contributed by atoms with Crippen LogP contribution in [0.4, 0.5) is 13.2 Å². The first-order valence-corrected chi connectivity index (χ1v) is 14.3. The highest BCUT2D eigenvalue weighted by molar-refractivity contribution is 7.90. The summed E-state index contributed by atoms with van der Waals surface area (Å²) in [5.41, 5.74) is 0.0392. The van der Waals surface area contributed by atoms with Crippen molar-refractivity contribution in [2.45, 2.75) is 37.0 Å².